The second-order valence-corrected chi connectivity index (χ2v) is 7.22. The van der Waals surface area contributed by atoms with Crippen LogP contribution in [0.4, 0.5) is 11.5 Å². The van der Waals surface area contributed by atoms with Crippen molar-refractivity contribution in [2.24, 2.45) is 0 Å². The maximum absolute atomic E-state index is 12.6. The first-order valence-corrected chi connectivity index (χ1v) is 10.2. The molecule has 4 rings (SSSR count). The van der Waals surface area contributed by atoms with E-state index in [1.165, 1.54) is 0 Å². The normalized spacial score (nSPS) is 16.0. The summed E-state index contributed by atoms with van der Waals surface area (Å²) in [5.41, 5.74) is 2.76. The highest BCUT2D eigenvalue weighted by Gasteiger charge is 2.32. The number of hydrogen-bond acceptors (Lipinski definition) is 5. The van der Waals surface area contributed by atoms with Crippen LogP contribution in [-0.4, -0.2) is 32.3 Å². The quantitative estimate of drug-likeness (QED) is 0.661. The minimum absolute atomic E-state index is 0.0767. The third-order valence-electron chi connectivity index (χ3n) is 5.10. The summed E-state index contributed by atoms with van der Waals surface area (Å²) in [5.74, 6) is 1.60. The lowest BCUT2D eigenvalue weighted by atomic mass is 10.1. The monoisotopic (exact) mass is 387 g/mol. The van der Waals surface area contributed by atoms with Crippen molar-refractivity contribution in [2.75, 3.05) is 11.9 Å². The van der Waals surface area contributed by atoms with E-state index in [0.29, 0.717) is 12.2 Å². The summed E-state index contributed by atoms with van der Waals surface area (Å²) in [6, 6.07) is 15.7. The summed E-state index contributed by atoms with van der Waals surface area (Å²) in [6.07, 6.45) is 6.79. The highest BCUT2D eigenvalue weighted by molar-refractivity contribution is 5.77. The minimum atomic E-state index is -0.0767. The van der Waals surface area contributed by atoms with Crippen LogP contribution in [0.25, 0.3) is 11.3 Å². The summed E-state index contributed by atoms with van der Waals surface area (Å²) in [6.45, 7) is 2.80. The van der Waals surface area contributed by atoms with Gasteiger partial charge >= 0.3 is 0 Å². The van der Waals surface area contributed by atoms with Gasteiger partial charge in [-0.2, -0.15) is 0 Å². The molecule has 0 spiro atoms. The van der Waals surface area contributed by atoms with Gasteiger partial charge in [0.2, 0.25) is 5.91 Å². The summed E-state index contributed by atoms with van der Waals surface area (Å²) < 4.78 is 0. The molecule has 1 fully saturated rings. The Balaban J connectivity index is 1.72. The highest BCUT2D eigenvalue weighted by atomic mass is 16.2. The second kappa shape index (κ2) is 8.82. The van der Waals surface area contributed by atoms with E-state index in [1.807, 2.05) is 60.4 Å². The summed E-state index contributed by atoms with van der Waals surface area (Å²) >= 11 is 0. The molecule has 0 radical (unpaired) electrons. The SMILES string of the molecule is CCCC(=O)N1CCC[C@H]1c1nc(Nc2ccccc2)cc(-c2ccncc2)n1. The van der Waals surface area contributed by atoms with E-state index in [0.717, 1.165) is 48.6 Å². The fraction of sp³-hybridized carbons (Fsp3) is 0.304. The van der Waals surface area contributed by atoms with Gasteiger partial charge in [0.15, 0.2) is 5.82 Å². The molecular weight excluding hydrogens is 362 g/mol. The Kier molecular flexibility index (Phi) is 5.79. The van der Waals surface area contributed by atoms with Crippen molar-refractivity contribution < 1.29 is 4.79 Å². The number of carbonyl (C=O) groups excluding carboxylic acids is 1. The second-order valence-electron chi connectivity index (χ2n) is 7.22. The number of pyridine rings is 1. The first-order chi connectivity index (χ1) is 14.2. The Morgan fingerprint density at radius 1 is 1.14 bits per heavy atom. The minimum Gasteiger partial charge on any atom is -0.340 e. The Morgan fingerprint density at radius 2 is 1.93 bits per heavy atom. The Hall–Kier alpha value is -3.28. The molecule has 29 heavy (non-hydrogen) atoms. The van der Waals surface area contributed by atoms with Crippen LogP contribution in [-0.2, 0) is 4.79 Å². The molecule has 0 aliphatic carbocycles. The third-order valence-corrected chi connectivity index (χ3v) is 5.10. The van der Waals surface area contributed by atoms with Gasteiger partial charge in [-0.25, -0.2) is 9.97 Å². The van der Waals surface area contributed by atoms with Crippen molar-refractivity contribution in [3.8, 4) is 11.3 Å². The number of likely N-dealkylation sites (tertiary alicyclic amines) is 1. The maximum atomic E-state index is 12.6. The number of nitrogens with zero attached hydrogens (tertiary/aromatic N) is 4. The van der Waals surface area contributed by atoms with E-state index in [2.05, 4.69) is 10.3 Å². The van der Waals surface area contributed by atoms with Crippen LogP contribution in [0.5, 0.6) is 0 Å². The number of anilines is 2. The van der Waals surface area contributed by atoms with Crippen LogP contribution >= 0.6 is 0 Å². The lowest BCUT2D eigenvalue weighted by Gasteiger charge is -2.24. The van der Waals surface area contributed by atoms with Gasteiger partial charge in [-0.05, 0) is 43.5 Å². The first kappa shape index (κ1) is 19.1. The molecular formula is C23H25N5O. The van der Waals surface area contributed by atoms with Gasteiger partial charge < -0.3 is 10.2 Å². The predicted octanol–water partition coefficient (Wildman–Crippen LogP) is 4.75. The van der Waals surface area contributed by atoms with E-state index in [4.69, 9.17) is 9.97 Å². The standard InChI is InChI=1S/C23H25N5O/c1-2-7-22(29)28-15-6-10-20(28)23-26-19(17-11-13-24-14-12-17)16-21(27-23)25-18-8-4-3-5-9-18/h3-5,8-9,11-14,16,20H,2,6-7,10,15H2,1H3,(H,25,26,27)/t20-/m0/s1. The maximum Gasteiger partial charge on any atom is 0.223 e. The zero-order chi connectivity index (χ0) is 20.1. The largest absolute Gasteiger partial charge is 0.340 e. The van der Waals surface area contributed by atoms with Crippen molar-refractivity contribution in [3.63, 3.8) is 0 Å². The number of aromatic nitrogens is 3. The molecule has 148 valence electrons. The molecule has 6 heteroatoms. The number of amides is 1. The molecule has 1 atom stereocenters. The van der Waals surface area contributed by atoms with Crippen molar-refractivity contribution in [1.82, 2.24) is 19.9 Å². The molecule has 1 aliphatic rings. The molecule has 1 amide bonds. The van der Waals surface area contributed by atoms with E-state index in [1.54, 1.807) is 12.4 Å². The summed E-state index contributed by atoms with van der Waals surface area (Å²) in [7, 11) is 0. The average Bonchev–Trinajstić information content (AvgIpc) is 3.25. The van der Waals surface area contributed by atoms with Crippen LogP contribution in [0, 0.1) is 0 Å². The van der Waals surface area contributed by atoms with Gasteiger partial charge in [0.05, 0.1) is 11.7 Å². The lowest BCUT2D eigenvalue weighted by Crippen LogP contribution is -2.31. The Bertz CT molecular complexity index is 962. The van der Waals surface area contributed by atoms with Gasteiger partial charge in [0.1, 0.15) is 5.82 Å². The molecule has 1 N–H and O–H groups in total. The third kappa shape index (κ3) is 4.42. The molecule has 2 aromatic heterocycles. The number of carbonyl (C=O) groups is 1. The fourth-order valence-corrected chi connectivity index (χ4v) is 3.71. The number of hydrogen-bond donors (Lipinski definition) is 1. The lowest BCUT2D eigenvalue weighted by molar-refractivity contribution is -0.132. The number of rotatable bonds is 6. The Morgan fingerprint density at radius 3 is 2.69 bits per heavy atom. The molecule has 1 aliphatic heterocycles. The first-order valence-electron chi connectivity index (χ1n) is 10.2. The van der Waals surface area contributed by atoms with Gasteiger partial charge in [0.25, 0.3) is 0 Å². The number of para-hydroxylation sites is 1. The summed E-state index contributed by atoms with van der Waals surface area (Å²) in [5, 5.41) is 3.38. The molecule has 0 saturated carbocycles. The van der Waals surface area contributed by atoms with E-state index < -0.39 is 0 Å². The van der Waals surface area contributed by atoms with Crippen LogP contribution < -0.4 is 5.32 Å². The van der Waals surface area contributed by atoms with Crippen LogP contribution in [0.3, 0.4) is 0 Å². The van der Waals surface area contributed by atoms with E-state index in [-0.39, 0.29) is 11.9 Å². The van der Waals surface area contributed by atoms with Gasteiger partial charge in [-0.1, -0.05) is 25.1 Å². The molecule has 6 nitrogen and oxygen atoms in total. The smallest absolute Gasteiger partial charge is 0.223 e. The molecule has 1 aromatic carbocycles. The predicted molar refractivity (Wildman–Crippen MR) is 114 cm³/mol. The number of benzene rings is 1. The molecule has 3 aromatic rings. The topological polar surface area (TPSA) is 71.0 Å². The van der Waals surface area contributed by atoms with Crippen LogP contribution in [0.1, 0.15) is 44.5 Å². The Labute approximate surface area is 171 Å². The molecule has 0 bridgehead atoms. The van der Waals surface area contributed by atoms with E-state index in [9.17, 15) is 4.79 Å². The average molecular weight is 387 g/mol. The molecule has 0 unspecified atom stereocenters. The zero-order valence-electron chi connectivity index (χ0n) is 16.6. The van der Waals surface area contributed by atoms with Gasteiger partial charge in [-0.15, -0.1) is 0 Å². The van der Waals surface area contributed by atoms with Crippen molar-refractivity contribution in [1.29, 1.82) is 0 Å². The fourth-order valence-electron chi connectivity index (χ4n) is 3.71. The number of nitrogens with one attached hydrogen (secondary N) is 1. The van der Waals surface area contributed by atoms with Crippen molar-refractivity contribution in [3.05, 3.63) is 66.7 Å². The van der Waals surface area contributed by atoms with Crippen LogP contribution in [0.2, 0.25) is 0 Å². The van der Waals surface area contributed by atoms with Crippen molar-refractivity contribution >= 4 is 17.4 Å². The van der Waals surface area contributed by atoms with Crippen molar-refractivity contribution in [2.45, 2.75) is 38.6 Å². The zero-order valence-corrected chi connectivity index (χ0v) is 16.6. The van der Waals surface area contributed by atoms with E-state index >= 15 is 0 Å². The molecule has 1 saturated heterocycles. The summed E-state index contributed by atoms with van der Waals surface area (Å²) in [4.78, 5) is 28.3. The van der Waals surface area contributed by atoms with Gasteiger partial charge in [-0.3, -0.25) is 9.78 Å². The van der Waals surface area contributed by atoms with Crippen LogP contribution in [0.15, 0.2) is 60.9 Å². The molecule has 3 heterocycles. The highest BCUT2D eigenvalue weighted by Crippen LogP contribution is 2.33. The van der Waals surface area contributed by atoms with Gasteiger partial charge in [0, 0.05) is 42.7 Å².